The van der Waals surface area contributed by atoms with Crippen molar-refractivity contribution in [2.75, 3.05) is 13.7 Å². The van der Waals surface area contributed by atoms with Crippen LogP contribution < -0.4 is 0 Å². The van der Waals surface area contributed by atoms with Gasteiger partial charge in [0.25, 0.3) is 0 Å². The van der Waals surface area contributed by atoms with Crippen LogP contribution in [0.2, 0.25) is 0 Å². The molecular weight excluding hydrogens is 216 g/mol. The van der Waals surface area contributed by atoms with Crippen molar-refractivity contribution in [2.45, 2.75) is 50.9 Å². The van der Waals surface area contributed by atoms with Crippen molar-refractivity contribution in [2.24, 2.45) is 23.7 Å². The van der Waals surface area contributed by atoms with Crippen molar-refractivity contribution in [3.8, 4) is 0 Å². The fourth-order valence-electron chi connectivity index (χ4n) is 3.93. The Morgan fingerprint density at radius 1 is 1.06 bits per heavy atom. The lowest BCUT2D eigenvalue weighted by atomic mass is 9.62. The first-order valence-electron chi connectivity index (χ1n) is 7.13. The van der Waals surface area contributed by atoms with Gasteiger partial charge in [-0.15, -0.1) is 0 Å². The van der Waals surface area contributed by atoms with Crippen molar-refractivity contribution in [3.05, 3.63) is 0 Å². The average molecular weight is 240 g/mol. The minimum absolute atomic E-state index is 0.130. The summed E-state index contributed by atoms with van der Waals surface area (Å²) in [6, 6.07) is 0. The quantitative estimate of drug-likeness (QED) is 0.818. The van der Waals surface area contributed by atoms with Crippen LogP contribution in [0, 0.1) is 23.7 Å². The second kappa shape index (κ2) is 4.87. The van der Waals surface area contributed by atoms with Crippen LogP contribution in [0.3, 0.4) is 0 Å². The van der Waals surface area contributed by atoms with Gasteiger partial charge in [-0.25, -0.2) is 0 Å². The molecule has 98 valence electrons. The molecule has 3 rings (SSSR count). The molecule has 17 heavy (non-hydrogen) atoms. The standard InChI is InChI=1S/C14H24O3/c1-16-8-11-12(9-4-2-5-9)13(14(15)17-11)10-6-3-7-10/h9-15H,2-8H2,1H3. The van der Waals surface area contributed by atoms with Crippen LogP contribution in [0.25, 0.3) is 0 Å². The summed E-state index contributed by atoms with van der Waals surface area (Å²) in [5.74, 6) is 2.41. The van der Waals surface area contributed by atoms with Crippen LogP contribution in [-0.4, -0.2) is 31.2 Å². The summed E-state index contributed by atoms with van der Waals surface area (Å²) in [4.78, 5) is 0. The maximum absolute atomic E-state index is 10.2. The molecule has 0 spiro atoms. The summed E-state index contributed by atoms with van der Waals surface area (Å²) in [5.41, 5.74) is 0. The number of aliphatic hydroxyl groups excluding tert-OH is 1. The zero-order valence-corrected chi connectivity index (χ0v) is 10.7. The Labute approximate surface area is 103 Å². The Bertz CT molecular complexity index is 260. The van der Waals surface area contributed by atoms with Crippen LogP contribution in [0.5, 0.6) is 0 Å². The normalized spacial score (nSPS) is 43.4. The molecule has 0 aromatic rings. The van der Waals surface area contributed by atoms with E-state index in [1.165, 1.54) is 38.5 Å². The Hall–Kier alpha value is -0.120. The van der Waals surface area contributed by atoms with E-state index in [1.807, 2.05) is 0 Å². The molecule has 0 radical (unpaired) electrons. The van der Waals surface area contributed by atoms with Crippen molar-refractivity contribution in [3.63, 3.8) is 0 Å². The second-order valence-electron chi connectivity index (χ2n) is 6.06. The molecular formula is C14H24O3. The zero-order chi connectivity index (χ0) is 11.8. The molecule has 2 aliphatic carbocycles. The van der Waals surface area contributed by atoms with Gasteiger partial charge >= 0.3 is 0 Å². The minimum Gasteiger partial charge on any atom is -0.382 e. The molecule has 0 bridgehead atoms. The molecule has 4 atom stereocenters. The summed E-state index contributed by atoms with van der Waals surface area (Å²) in [7, 11) is 1.73. The highest BCUT2D eigenvalue weighted by Crippen LogP contribution is 2.51. The topological polar surface area (TPSA) is 38.7 Å². The number of rotatable bonds is 4. The van der Waals surface area contributed by atoms with Crippen molar-refractivity contribution >= 4 is 0 Å². The Balaban J connectivity index is 1.73. The van der Waals surface area contributed by atoms with E-state index in [2.05, 4.69) is 0 Å². The number of ether oxygens (including phenoxy) is 2. The van der Waals surface area contributed by atoms with Crippen LogP contribution >= 0.6 is 0 Å². The van der Waals surface area contributed by atoms with Crippen molar-refractivity contribution in [1.29, 1.82) is 0 Å². The van der Waals surface area contributed by atoms with E-state index >= 15 is 0 Å². The highest BCUT2D eigenvalue weighted by atomic mass is 16.6. The van der Waals surface area contributed by atoms with Crippen LogP contribution in [0.15, 0.2) is 0 Å². The molecule has 3 aliphatic rings. The van der Waals surface area contributed by atoms with Crippen LogP contribution in [-0.2, 0) is 9.47 Å². The monoisotopic (exact) mass is 240 g/mol. The first kappa shape index (κ1) is 11.9. The third-order valence-corrected chi connectivity index (χ3v) is 5.24. The van der Waals surface area contributed by atoms with Gasteiger partial charge in [-0.2, -0.15) is 0 Å². The lowest BCUT2D eigenvalue weighted by Gasteiger charge is -2.42. The average Bonchev–Trinajstić information content (AvgIpc) is 2.42. The Morgan fingerprint density at radius 2 is 1.65 bits per heavy atom. The molecule has 0 aromatic carbocycles. The molecule has 1 saturated heterocycles. The summed E-state index contributed by atoms with van der Waals surface area (Å²) in [6.45, 7) is 0.640. The fraction of sp³-hybridized carbons (Fsp3) is 1.00. The largest absolute Gasteiger partial charge is 0.382 e. The maximum Gasteiger partial charge on any atom is 0.158 e. The van der Waals surface area contributed by atoms with Crippen molar-refractivity contribution < 1.29 is 14.6 Å². The second-order valence-corrected chi connectivity index (χ2v) is 6.06. The first-order chi connectivity index (χ1) is 8.31. The van der Waals surface area contributed by atoms with Crippen molar-refractivity contribution in [1.82, 2.24) is 0 Å². The lowest BCUT2D eigenvalue weighted by Crippen LogP contribution is -2.40. The molecule has 3 heteroatoms. The van der Waals surface area contributed by atoms with Gasteiger partial charge < -0.3 is 14.6 Å². The molecule has 1 heterocycles. The third-order valence-electron chi connectivity index (χ3n) is 5.24. The molecule has 1 N–H and O–H groups in total. The SMILES string of the molecule is COCC1OC(O)C(C2CCC2)C1C1CCC1. The number of hydrogen-bond donors (Lipinski definition) is 1. The summed E-state index contributed by atoms with van der Waals surface area (Å²) in [6.07, 6.45) is 7.50. The maximum atomic E-state index is 10.2. The van der Waals surface area contributed by atoms with E-state index in [0.29, 0.717) is 24.4 Å². The highest BCUT2D eigenvalue weighted by Gasteiger charge is 2.52. The van der Waals surface area contributed by atoms with Gasteiger partial charge in [-0.05, 0) is 30.6 Å². The van der Waals surface area contributed by atoms with Gasteiger partial charge in [0.1, 0.15) is 0 Å². The van der Waals surface area contributed by atoms with Gasteiger partial charge in [0.05, 0.1) is 12.7 Å². The third kappa shape index (κ3) is 2.02. The number of hydrogen-bond acceptors (Lipinski definition) is 3. The fourth-order valence-corrected chi connectivity index (χ4v) is 3.93. The number of methoxy groups -OCH3 is 1. The molecule has 4 unspecified atom stereocenters. The van der Waals surface area contributed by atoms with Gasteiger partial charge in [0.15, 0.2) is 6.29 Å². The summed E-state index contributed by atoms with van der Waals surface area (Å²) < 4.78 is 11.0. The number of aliphatic hydroxyl groups is 1. The predicted octanol–water partition coefficient (Wildman–Crippen LogP) is 2.18. The van der Waals surface area contributed by atoms with E-state index in [-0.39, 0.29) is 6.10 Å². The van der Waals surface area contributed by atoms with E-state index < -0.39 is 6.29 Å². The molecule has 1 aliphatic heterocycles. The van der Waals surface area contributed by atoms with E-state index in [9.17, 15) is 5.11 Å². The molecule has 0 amide bonds. The molecule has 0 aromatic heterocycles. The van der Waals surface area contributed by atoms with Crippen LogP contribution in [0.1, 0.15) is 38.5 Å². The summed E-state index contributed by atoms with van der Waals surface area (Å²) >= 11 is 0. The van der Waals surface area contributed by atoms with Gasteiger partial charge in [0, 0.05) is 13.0 Å². The van der Waals surface area contributed by atoms with E-state index in [0.717, 1.165) is 5.92 Å². The Morgan fingerprint density at radius 3 is 2.12 bits per heavy atom. The lowest BCUT2D eigenvalue weighted by molar-refractivity contribution is -0.130. The van der Waals surface area contributed by atoms with E-state index in [4.69, 9.17) is 9.47 Å². The minimum atomic E-state index is -0.536. The molecule has 3 fully saturated rings. The highest BCUT2D eigenvalue weighted by molar-refractivity contribution is 4.97. The summed E-state index contributed by atoms with van der Waals surface area (Å²) in [5, 5.41) is 10.2. The first-order valence-corrected chi connectivity index (χ1v) is 7.13. The molecule has 3 nitrogen and oxygen atoms in total. The predicted molar refractivity (Wildman–Crippen MR) is 64.4 cm³/mol. The molecule has 2 saturated carbocycles. The van der Waals surface area contributed by atoms with Crippen LogP contribution in [0.4, 0.5) is 0 Å². The Kier molecular flexibility index (Phi) is 3.42. The van der Waals surface area contributed by atoms with Gasteiger partial charge in [-0.1, -0.05) is 25.7 Å². The van der Waals surface area contributed by atoms with Gasteiger partial charge in [-0.3, -0.25) is 0 Å². The zero-order valence-electron chi connectivity index (χ0n) is 10.7. The smallest absolute Gasteiger partial charge is 0.158 e. The van der Waals surface area contributed by atoms with E-state index in [1.54, 1.807) is 7.11 Å². The van der Waals surface area contributed by atoms with Gasteiger partial charge in [0.2, 0.25) is 0 Å².